The van der Waals surface area contributed by atoms with E-state index in [0.29, 0.717) is 17.5 Å². The lowest BCUT2D eigenvalue weighted by atomic mass is 9.90. The Labute approximate surface area is 300 Å². The van der Waals surface area contributed by atoms with Crippen LogP contribution in [0.25, 0.3) is 99.6 Å². The van der Waals surface area contributed by atoms with Crippen LogP contribution >= 0.6 is 0 Å². The molecule has 2 heterocycles. The summed E-state index contributed by atoms with van der Waals surface area (Å²) in [5.41, 5.74) is 7.12. The van der Waals surface area contributed by atoms with Gasteiger partial charge in [-0.2, -0.15) is 0 Å². The second-order valence-corrected chi connectivity index (χ2v) is 13.0. The Hall–Kier alpha value is -7.04. The van der Waals surface area contributed by atoms with Crippen LogP contribution < -0.4 is 0 Å². The van der Waals surface area contributed by atoms with Gasteiger partial charge in [0.2, 0.25) is 0 Å². The van der Waals surface area contributed by atoms with Crippen molar-refractivity contribution in [2.45, 2.75) is 0 Å². The highest BCUT2D eigenvalue weighted by Crippen LogP contribution is 2.40. The molecule has 0 bridgehead atoms. The zero-order valence-corrected chi connectivity index (χ0v) is 28.1. The summed E-state index contributed by atoms with van der Waals surface area (Å²) in [5, 5.41) is 9.34. The molecule has 0 atom stereocenters. The molecule has 0 fully saturated rings. The fraction of sp³-hybridized carbons (Fsp3) is 0. The molecule has 242 valence electrons. The van der Waals surface area contributed by atoms with Gasteiger partial charge >= 0.3 is 0 Å². The van der Waals surface area contributed by atoms with Gasteiger partial charge in [0.05, 0.1) is 0 Å². The summed E-state index contributed by atoms with van der Waals surface area (Å²) in [5.74, 6) is 1.73. The maximum atomic E-state index is 5.19. The Morgan fingerprint density at radius 2 is 0.923 bits per heavy atom. The van der Waals surface area contributed by atoms with Crippen molar-refractivity contribution in [2.24, 2.45) is 0 Å². The van der Waals surface area contributed by atoms with E-state index in [1.54, 1.807) is 0 Å². The molecule has 52 heavy (non-hydrogen) atoms. The molecule has 8 aromatic carbocycles. The van der Waals surface area contributed by atoms with Gasteiger partial charge in [-0.3, -0.25) is 4.98 Å². The van der Waals surface area contributed by atoms with E-state index in [0.717, 1.165) is 44.3 Å². The minimum absolute atomic E-state index is 0.536. The molecule has 10 aromatic rings. The molecular weight excluding hydrogens is 633 g/mol. The maximum Gasteiger partial charge on any atom is 0.183 e. The summed E-state index contributed by atoms with van der Waals surface area (Å²) < 4.78 is 0. The van der Waals surface area contributed by atoms with Crippen molar-refractivity contribution in [1.82, 2.24) is 19.9 Å². The van der Waals surface area contributed by atoms with Crippen LogP contribution in [0.2, 0.25) is 0 Å². The van der Waals surface area contributed by atoms with Crippen molar-refractivity contribution in [3.8, 4) is 56.5 Å². The average molecular weight is 663 g/mol. The average Bonchev–Trinajstić information content (AvgIpc) is 3.23. The Kier molecular flexibility index (Phi) is 7.10. The number of nitrogens with zero attached hydrogens (tertiary/aromatic N) is 4. The minimum Gasteiger partial charge on any atom is -0.252 e. The van der Waals surface area contributed by atoms with E-state index in [1.165, 1.54) is 37.9 Å². The smallest absolute Gasteiger partial charge is 0.183 e. The first-order valence-electron chi connectivity index (χ1n) is 17.5. The van der Waals surface area contributed by atoms with Crippen LogP contribution in [-0.2, 0) is 0 Å². The Balaban J connectivity index is 1.21. The van der Waals surface area contributed by atoms with Crippen LogP contribution in [0.4, 0.5) is 0 Å². The van der Waals surface area contributed by atoms with Gasteiger partial charge in [0.15, 0.2) is 17.5 Å². The predicted octanol–water partition coefficient (Wildman–Crippen LogP) is 12.2. The largest absolute Gasteiger partial charge is 0.252 e. The van der Waals surface area contributed by atoms with E-state index in [2.05, 4.69) is 146 Å². The predicted molar refractivity (Wildman–Crippen MR) is 215 cm³/mol. The Morgan fingerprint density at radius 3 is 1.73 bits per heavy atom. The number of hydrogen-bond acceptors (Lipinski definition) is 4. The molecule has 0 saturated heterocycles. The van der Waals surface area contributed by atoms with Gasteiger partial charge in [-0.25, -0.2) is 15.0 Å². The summed E-state index contributed by atoms with van der Waals surface area (Å²) in [7, 11) is 0. The number of fused-ring (bicyclic) bond motifs is 6. The minimum atomic E-state index is 0.536. The van der Waals surface area contributed by atoms with E-state index in [9.17, 15) is 0 Å². The molecule has 4 nitrogen and oxygen atoms in total. The molecule has 10 rings (SSSR count). The number of rotatable bonds is 5. The van der Waals surface area contributed by atoms with Gasteiger partial charge in [-0.15, -0.1) is 0 Å². The first-order valence-corrected chi connectivity index (χ1v) is 17.5. The summed E-state index contributed by atoms with van der Waals surface area (Å²) in [6, 6.07) is 61.6. The van der Waals surface area contributed by atoms with Crippen molar-refractivity contribution < 1.29 is 0 Å². The second kappa shape index (κ2) is 12.4. The molecule has 4 heteroatoms. The van der Waals surface area contributed by atoms with Crippen LogP contribution in [0.1, 0.15) is 0 Å². The van der Waals surface area contributed by atoms with Crippen molar-refractivity contribution in [2.75, 3.05) is 0 Å². The fourth-order valence-electron chi connectivity index (χ4n) is 7.50. The van der Waals surface area contributed by atoms with Crippen LogP contribution in [-0.4, -0.2) is 19.9 Å². The molecular formula is C48H30N4. The Morgan fingerprint density at radius 1 is 0.308 bits per heavy atom. The molecule has 0 radical (unpaired) electrons. The number of aromatic nitrogens is 4. The molecule has 0 saturated carbocycles. The van der Waals surface area contributed by atoms with E-state index in [4.69, 9.17) is 19.9 Å². The van der Waals surface area contributed by atoms with Crippen molar-refractivity contribution >= 4 is 43.1 Å². The van der Waals surface area contributed by atoms with Gasteiger partial charge in [-0.05, 0) is 72.1 Å². The van der Waals surface area contributed by atoms with Crippen molar-refractivity contribution in [3.05, 3.63) is 182 Å². The first kappa shape index (κ1) is 29.8. The van der Waals surface area contributed by atoms with E-state index < -0.39 is 0 Å². The van der Waals surface area contributed by atoms with Crippen LogP contribution in [0.3, 0.4) is 0 Å². The second-order valence-electron chi connectivity index (χ2n) is 13.0. The number of pyridine rings is 1. The molecule has 0 N–H and O–H groups in total. The summed E-state index contributed by atoms with van der Waals surface area (Å²) in [6.07, 6.45) is 1.87. The van der Waals surface area contributed by atoms with Gasteiger partial charge in [0.25, 0.3) is 0 Å². The third-order valence-corrected chi connectivity index (χ3v) is 9.97. The number of hydrogen-bond donors (Lipinski definition) is 0. The highest BCUT2D eigenvalue weighted by molar-refractivity contribution is 6.21. The van der Waals surface area contributed by atoms with Crippen LogP contribution in [0.5, 0.6) is 0 Å². The van der Waals surface area contributed by atoms with Gasteiger partial charge in [0, 0.05) is 22.7 Å². The van der Waals surface area contributed by atoms with E-state index >= 15 is 0 Å². The Bertz CT molecular complexity index is 2950. The van der Waals surface area contributed by atoms with Crippen molar-refractivity contribution in [1.29, 1.82) is 0 Å². The van der Waals surface area contributed by atoms with Gasteiger partial charge in [-0.1, -0.05) is 164 Å². The van der Waals surface area contributed by atoms with Crippen molar-refractivity contribution in [3.63, 3.8) is 0 Å². The first-order chi connectivity index (χ1) is 25.8. The lowest BCUT2D eigenvalue weighted by molar-refractivity contribution is 1.06. The van der Waals surface area contributed by atoms with E-state index in [-0.39, 0.29) is 0 Å². The third kappa shape index (κ3) is 5.09. The standard InChI is InChI=1S/C48H30N4/c1-3-12-32(13-4-1)43-30-36(25-26-40(43)39-21-11-18-31-14-7-9-19-37(31)39)47-50-46(35-16-5-2-6-17-35)51-48(52-47)45-42-27-24-34-23-22-33-15-8-10-20-38(33)44(34)41(42)28-29-49-45/h1-30H. The lowest BCUT2D eigenvalue weighted by Gasteiger charge is -2.15. The maximum absolute atomic E-state index is 5.19. The normalized spacial score (nSPS) is 11.5. The van der Waals surface area contributed by atoms with E-state index in [1.807, 2.05) is 36.5 Å². The summed E-state index contributed by atoms with van der Waals surface area (Å²) in [4.78, 5) is 20.3. The molecule has 0 aliphatic rings. The molecule has 0 unspecified atom stereocenters. The van der Waals surface area contributed by atoms with Gasteiger partial charge < -0.3 is 0 Å². The molecule has 0 aliphatic heterocycles. The molecule has 0 spiro atoms. The zero-order valence-electron chi connectivity index (χ0n) is 28.1. The highest BCUT2D eigenvalue weighted by atomic mass is 15.0. The molecule has 0 amide bonds. The van der Waals surface area contributed by atoms with Crippen LogP contribution in [0.15, 0.2) is 182 Å². The summed E-state index contributed by atoms with van der Waals surface area (Å²) in [6.45, 7) is 0. The quantitative estimate of drug-likeness (QED) is 0.172. The zero-order chi connectivity index (χ0) is 34.4. The number of benzene rings is 8. The fourth-order valence-corrected chi connectivity index (χ4v) is 7.50. The third-order valence-electron chi connectivity index (χ3n) is 9.97. The van der Waals surface area contributed by atoms with Crippen LogP contribution in [0, 0.1) is 0 Å². The molecule has 0 aliphatic carbocycles. The summed E-state index contributed by atoms with van der Waals surface area (Å²) >= 11 is 0. The monoisotopic (exact) mass is 662 g/mol. The van der Waals surface area contributed by atoms with Gasteiger partial charge in [0.1, 0.15) is 5.69 Å². The SMILES string of the molecule is c1ccc(-c2nc(-c3ccc(-c4cccc5ccccc45)c(-c4ccccc4)c3)nc(-c3nccc4c3ccc3ccc5ccccc5c34)n2)cc1. The molecule has 2 aromatic heterocycles. The lowest BCUT2D eigenvalue weighted by Crippen LogP contribution is -2.02. The highest BCUT2D eigenvalue weighted by Gasteiger charge is 2.19. The topological polar surface area (TPSA) is 51.6 Å².